The van der Waals surface area contributed by atoms with Crippen molar-refractivity contribution in [1.29, 1.82) is 0 Å². The average Bonchev–Trinajstić information content (AvgIpc) is 1.85. The molecular weight excluding hydrogens is 183 g/mol. The minimum atomic E-state index is -4.15. The number of ether oxygens (including phenoxy) is 1. The molecule has 0 aromatic rings. The molecule has 12 heavy (non-hydrogen) atoms. The van der Waals surface area contributed by atoms with Crippen molar-refractivity contribution in [1.82, 2.24) is 0 Å². The Morgan fingerprint density at radius 3 is 1.75 bits per heavy atom. The topological polar surface area (TPSA) is 9.23 Å². The molecule has 0 aliphatic rings. The zero-order valence-corrected chi connectivity index (χ0v) is 6.58. The first-order chi connectivity index (χ1) is 5.25. The van der Waals surface area contributed by atoms with E-state index in [1.807, 2.05) is 0 Å². The van der Waals surface area contributed by atoms with E-state index >= 15 is 0 Å². The van der Waals surface area contributed by atoms with E-state index in [1.54, 1.807) is 0 Å². The molecule has 0 saturated heterocycles. The molecule has 6 heteroatoms. The number of methoxy groups -OCH3 is 1. The Balaban J connectivity index is 4.56. The lowest BCUT2D eigenvalue weighted by Gasteiger charge is -2.27. The van der Waals surface area contributed by atoms with Gasteiger partial charge < -0.3 is 4.74 Å². The molecule has 0 aliphatic carbocycles. The number of halogens is 5. The molecule has 0 spiro atoms. The Hall–Kier alpha value is -0.390. The van der Waals surface area contributed by atoms with Crippen molar-refractivity contribution >= 4 is 0 Å². The summed E-state index contributed by atoms with van der Waals surface area (Å²) in [5.74, 6) is -7.91. The van der Waals surface area contributed by atoms with E-state index in [9.17, 15) is 22.0 Å². The van der Waals surface area contributed by atoms with Crippen molar-refractivity contribution in [3.05, 3.63) is 0 Å². The van der Waals surface area contributed by atoms with E-state index in [0.29, 0.717) is 7.11 Å². The first-order valence-electron chi connectivity index (χ1n) is 3.10. The van der Waals surface area contributed by atoms with Crippen molar-refractivity contribution in [3.63, 3.8) is 0 Å². The Morgan fingerprint density at radius 1 is 1.25 bits per heavy atom. The molecule has 0 rings (SSSR count). The lowest BCUT2D eigenvalue weighted by Crippen LogP contribution is -2.48. The summed E-state index contributed by atoms with van der Waals surface area (Å²) in [6.07, 6.45) is -2.71. The predicted octanol–water partition coefficient (Wildman–Crippen LogP) is 2.26. The number of rotatable bonds is 4. The van der Waals surface area contributed by atoms with Gasteiger partial charge in [-0.1, -0.05) is 0 Å². The molecular formula is C6H9F5O. The van der Waals surface area contributed by atoms with Gasteiger partial charge >= 0.3 is 5.92 Å². The molecule has 0 N–H and O–H groups in total. The maximum absolute atomic E-state index is 12.3. The summed E-state index contributed by atoms with van der Waals surface area (Å²) in [6.45, 7) is -1.90. The van der Waals surface area contributed by atoms with Gasteiger partial charge in [-0.25, -0.2) is 22.0 Å². The molecule has 74 valence electrons. The van der Waals surface area contributed by atoms with Gasteiger partial charge in [0.2, 0.25) is 0 Å². The van der Waals surface area contributed by atoms with Crippen LogP contribution >= 0.6 is 0 Å². The van der Waals surface area contributed by atoms with Crippen LogP contribution in [0.1, 0.15) is 6.92 Å². The van der Waals surface area contributed by atoms with Crippen LogP contribution in [-0.2, 0) is 4.74 Å². The van der Waals surface area contributed by atoms with Gasteiger partial charge in [0.05, 0.1) is 0 Å². The monoisotopic (exact) mass is 192 g/mol. The molecule has 1 nitrogen and oxygen atoms in total. The molecule has 0 bridgehead atoms. The van der Waals surface area contributed by atoms with Gasteiger partial charge in [-0.05, 0) is 0 Å². The number of hydrogen-bond acceptors (Lipinski definition) is 1. The standard InChI is InChI=1S/C6H9F5O/c1-5(8,9)4(12-2)6(10,11)3-7/h4H,3H2,1-2H3. The van der Waals surface area contributed by atoms with Gasteiger partial charge in [0.1, 0.15) is 0 Å². The van der Waals surface area contributed by atoms with E-state index in [-0.39, 0.29) is 6.92 Å². The van der Waals surface area contributed by atoms with Gasteiger partial charge in [-0.15, -0.1) is 0 Å². The highest BCUT2D eigenvalue weighted by Gasteiger charge is 2.52. The first kappa shape index (κ1) is 11.6. The normalized spacial score (nSPS) is 16.2. The fourth-order valence-electron chi connectivity index (χ4n) is 0.820. The molecule has 0 aromatic heterocycles. The zero-order valence-electron chi connectivity index (χ0n) is 6.58. The summed E-state index contributed by atoms with van der Waals surface area (Å²) < 4.78 is 64.7. The summed E-state index contributed by atoms with van der Waals surface area (Å²) in [7, 11) is 0.686. The van der Waals surface area contributed by atoms with E-state index in [0.717, 1.165) is 0 Å². The summed E-state index contributed by atoms with van der Waals surface area (Å²) in [5, 5.41) is 0. The van der Waals surface area contributed by atoms with Crippen LogP contribution in [-0.4, -0.2) is 31.7 Å². The van der Waals surface area contributed by atoms with Gasteiger partial charge in [0.15, 0.2) is 12.8 Å². The molecule has 0 fully saturated rings. The van der Waals surface area contributed by atoms with Crippen LogP contribution in [0, 0.1) is 0 Å². The Labute approximate surface area is 66.5 Å². The lowest BCUT2D eigenvalue weighted by molar-refractivity contribution is -0.221. The minimum absolute atomic E-state index is 0.255. The molecule has 0 heterocycles. The second kappa shape index (κ2) is 3.55. The van der Waals surface area contributed by atoms with Crippen LogP contribution in [0.25, 0.3) is 0 Å². The van der Waals surface area contributed by atoms with Crippen molar-refractivity contribution in [3.8, 4) is 0 Å². The van der Waals surface area contributed by atoms with Gasteiger partial charge in [-0.3, -0.25) is 0 Å². The highest BCUT2D eigenvalue weighted by atomic mass is 19.3. The minimum Gasteiger partial charge on any atom is -0.369 e. The maximum Gasteiger partial charge on any atom is 0.307 e. The molecule has 1 atom stereocenters. The quantitative estimate of drug-likeness (QED) is 0.621. The molecule has 0 amide bonds. The van der Waals surface area contributed by atoms with Crippen LogP contribution in [0.5, 0.6) is 0 Å². The van der Waals surface area contributed by atoms with Crippen molar-refractivity contribution in [2.75, 3.05) is 13.8 Å². The van der Waals surface area contributed by atoms with E-state index in [2.05, 4.69) is 4.74 Å². The summed E-state index contributed by atoms with van der Waals surface area (Å²) in [5.41, 5.74) is 0. The zero-order chi connectivity index (χ0) is 9.99. The van der Waals surface area contributed by atoms with Crippen LogP contribution in [0.4, 0.5) is 22.0 Å². The van der Waals surface area contributed by atoms with Crippen molar-refractivity contribution < 1.29 is 26.7 Å². The summed E-state index contributed by atoms with van der Waals surface area (Å²) in [4.78, 5) is 0. The predicted molar refractivity (Wildman–Crippen MR) is 32.3 cm³/mol. The smallest absolute Gasteiger partial charge is 0.307 e. The number of hydrogen-bond donors (Lipinski definition) is 0. The van der Waals surface area contributed by atoms with E-state index < -0.39 is 24.6 Å². The highest BCUT2D eigenvalue weighted by molar-refractivity contribution is 4.86. The summed E-state index contributed by atoms with van der Waals surface area (Å²) >= 11 is 0. The first-order valence-corrected chi connectivity index (χ1v) is 3.10. The van der Waals surface area contributed by atoms with Crippen LogP contribution in [0.2, 0.25) is 0 Å². The molecule has 1 unspecified atom stereocenters. The third kappa shape index (κ3) is 2.58. The van der Waals surface area contributed by atoms with Gasteiger partial charge in [0.25, 0.3) is 5.92 Å². The third-order valence-electron chi connectivity index (χ3n) is 1.26. The highest BCUT2D eigenvalue weighted by Crippen LogP contribution is 2.33. The SMILES string of the molecule is COC(C(C)(F)F)C(F)(F)CF. The Bertz CT molecular complexity index is 141. The fourth-order valence-corrected chi connectivity index (χ4v) is 0.820. The molecule has 0 radical (unpaired) electrons. The van der Waals surface area contributed by atoms with Gasteiger partial charge in [-0.2, -0.15) is 0 Å². The molecule has 0 saturated carbocycles. The largest absolute Gasteiger partial charge is 0.369 e. The van der Waals surface area contributed by atoms with Crippen molar-refractivity contribution in [2.45, 2.75) is 24.9 Å². The third-order valence-corrected chi connectivity index (χ3v) is 1.26. The van der Waals surface area contributed by atoms with Crippen LogP contribution < -0.4 is 0 Å². The number of alkyl halides is 5. The lowest BCUT2D eigenvalue weighted by atomic mass is 10.1. The average molecular weight is 192 g/mol. The van der Waals surface area contributed by atoms with Crippen molar-refractivity contribution in [2.24, 2.45) is 0 Å². The van der Waals surface area contributed by atoms with Gasteiger partial charge in [0, 0.05) is 14.0 Å². The maximum atomic E-state index is 12.3. The Kier molecular flexibility index (Phi) is 3.44. The molecule has 0 aromatic carbocycles. The van der Waals surface area contributed by atoms with Crippen LogP contribution in [0.3, 0.4) is 0 Å². The van der Waals surface area contributed by atoms with E-state index in [1.165, 1.54) is 0 Å². The van der Waals surface area contributed by atoms with E-state index in [4.69, 9.17) is 0 Å². The Morgan fingerprint density at radius 2 is 1.67 bits per heavy atom. The second-order valence-electron chi connectivity index (χ2n) is 2.47. The molecule has 0 aliphatic heterocycles. The fraction of sp³-hybridized carbons (Fsp3) is 1.00. The van der Waals surface area contributed by atoms with Crippen LogP contribution in [0.15, 0.2) is 0 Å². The second-order valence-corrected chi connectivity index (χ2v) is 2.47. The summed E-state index contributed by atoms with van der Waals surface area (Å²) in [6, 6.07) is 0.